The van der Waals surface area contributed by atoms with Gasteiger partial charge in [-0.15, -0.1) is 0 Å². The average Bonchev–Trinajstić information content (AvgIpc) is 2.97. The van der Waals surface area contributed by atoms with Crippen molar-refractivity contribution < 1.29 is 9.74 Å². The van der Waals surface area contributed by atoms with Crippen molar-refractivity contribution in [2.75, 3.05) is 0 Å². The first-order valence-electron chi connectivity index (χ1n) is 7.31. The lowest BCUT2D eigenvalue weighted by Gasteiger charge is -2.23. The number of hydrogen-bond donors (Lipinski definition) is 0. The maximum Gasteiger partial charge on any atom is 0.226 e. The van der Waals surface area contributed by atoms with Crippen LogP contribution >= 0.6 is 0 Å². The molecule has 3 rings (SSSR count). The highest BCUT2D eigenvalue weighted by molar-refractivity contribution is 5.84. The Hall–Kier alpha value is -0.730. The van der Waals surface area contributed by atoms with Crippen LogP contribution in [0.15, 0.2) is 0 Å². The van der Waals surface area contributed by atoms with Crippen molar-refractivity contribution in [1.29, 1.82) is 0 Å². The summed E-state index contributed by atoms with van der Waals surface area (Å²) < 4.78 is 0. The minimum absolute atomic E-state index is 0.243. The summed E-state index contributed by atoms with van der Waals surface area (Å²) in [6.07, 6.45) is 10.1. The predicted octanol–water partition coefficient (Wildman–Crippen LogP) is 3.27. The van der Waals surface area contributed by atoms with Crippen LogP contribution in [-0.4, -0.2) is 16.7 Å². The van der Waals surface area contributed by atoms with Crippen LogP contribution in [0.3, 0.4) is 0 Å². The SMILES string of the molecule is CCCCCCC1=[N+]([O-])O[C@@H]2[C@H]3CC[C@H](C3)[C@H]12. The lowest BCUT2D eigenvalue weighted by Crippen LogP contribution is -2.29. The molecule has 2 fully saturated rings. The van der Waals surface area contributed by atoms with E-state index in [-0.39, 0.29) is 6.10 Å². The van der Waals surface area contributed by atoms with E-state index in [1.54, 1.807) is 0 Å². The first kappa shape index (κ1) is 11.4. The van der Waals surface area contributed by atoms with E-state index in [9.17, 15) is 5.21 Å². The molecule has 1 aliphatic heterocycles. The van der Waals surface area contributed by atoms with E-state index < -0.39 is 0 Å². The largest absolute Gasteiger partial charge is 0.399 e. The number of rotatable bonds is 5. The van der Waals surface area contributed by atoms with Gasteiger partial charge in [-0.1, -0.05) is 26.2 Å². The quantitative estimate of drug-likeness (QED) is 0.543. The molecule has 2 aliphatic carbocycles. The Kier molecular flexibility index (Phi) is 3.01. The number of hydrogen-bond acceptors (Lipinski definition) is 2. The Morgan fingerprint density at radius 2 is 2.06 bits per heavy atom. The highest BCUT2D eigenvalue weighted by Crippen LogP contribution is 2.52. The van der Waals surface area contributed by atoms with E-state index in [4.69, 9.17) is 4.84 Å². The summed E-state index contributed by atoms with van der Waals surface area (Å²) in [4.78, 5) is 6.41. The fourth-order valence-electron chi connectivity index (χ4n) is 4.14. The summed E-state index contributed by atoms with van der Waals surface area (Å²) in [5, 5.41) is 11.8. The molecule has 0 amide bonds. The van der Waals surface area contributed by atoms with Gasteiger partial charge in [-0.3, -0.25) is 5.21 Å². The van der Waals surface area contributed by atoms with Gasteiger partial charge in [0.15, 0.2) is 0 Å². The van der Waals surface area contributed by atoms with Crippen LogP contribution in [0.5, 0.6) is 0 Å². The number of nitrogens with zero attached hydrogens (tertiary/aromatic N) is 1. The van der Waals surface area contributed by atoms with Crippen molar-refractivity contribution in [3.05, 3.63) is 5.21 Å². The molecule has 0 radical (unpaired) electrons. The van der Waals surface area contributed by atoms with Crippen LogP contribution in [0, 0.1) is 23.0 Å². The van der Waals surface area contributed by atoms with E-state index in [0.717, 1.165) is 29.4 Å². The zero-order valence-corrected chi connectivity index (χ0v) is 10.7. The summed E-state index contributed by atoms with van der Waals surface area (Å²) in [6.45, 7) is 2.22. The van der Waals surface area contributed by atoms with Gasteiger partial charge in [0.2, 0.25) is 5.71 Å². The molecule has 0 aromatic rings. The van der Waals surface area contributed by atoms with Crippen molar-refractivity contribution in [3.63, 3.8) is 0 Å². The normalized spacial score (nSPS) is 38.6. The van der Waals surface area contributed by atoms with Gasteiger partial charge in [-0.2, -0.15) is 0 Å². The average molecular weight is 237 g/mol. The van der Waals surface area contributed by atoms with Gasteiger partial charge in [0.05, 0.1) is 12.0 Å². The summed E-state index contributed by atoms with van der Waals surface area (Å²) in [6, 6.07) is 0. The van der Waals surface area contributed by atoms with Crippen molar-refractivity contribution in [2.45, 2.75) is 64.4 Å². The molecule has 1 heterocycles. The Bertz CT molecular complexity index is 326. The Balaban J connectivity index is 1.61. The van der Waals surface area contributed by atoms with Crippen LogP contribution in [0.25, 0.3) is 0 Å². The van der Waals surface area contributed by atoms with Gasteiger partial charge < -0.3 is 4.84 Å². The summed E-state index contributed by atoms with van der Waals surface area (Å²) in [5.74, 6) is 1.91. The molecule has 96 valence electrons. The molecule has 0 aromatic carbocycles. The van der Waals surface area contributed by atoms with E-state index in [0.29, 0.717) is 11.8 Å². The van der Waals surface area contributed by atoms with Gasteiger partial charge in [0.1, 0.15) is 0 Å². The lowest BCUT2D eigenvalue weighted by molar-refractivity contribution is -0.743. The second kappa shape index (κ2) is 4.51. The Morgan fingerprint density at radius 1 is 1.24 bits per heavy atom. The van der Waals surface area contributed by atoms with Gasteiger partial charge in [0, 0.05) is 11.3 Å². The highest BCUT2D eigenvalue weighted by atomic mass is 16.9. The lowest BCUT2D eigenvalue weighted by atomic mass is 9.82. The van der Waals surface area contributed by atoms with E-state index in [1.165, 1.54) is 38.5 Å². The standard InChI is InChI=1S/C14H23NO2/c1-2-3-4-5-6-12-13-10-7-8-11(9-10)14(13)17-15(12)16/h10-11,13-14H,2-9H2,1H3/t10-,11+,13-,14-/m1/s1. The monoisotopic (exact) mass is 237 g/mol. The van der Waals surface area contributed by atoms with Crippen LogP contribution in [0.2, 0.25) is 0 Å². The third-order valence-corrected chi connectivity index (χ3v) is 4.96. The molecule has 17 heavy (non-hydrogen) atoms. The zero-order chi connectivity index (χ0) is 11.8. The third kappa shape index (κ3) is 1.84. The van der Waals surface area contributed by atoms with Gasteiger partial charge >= 0.3 is 0 Å². The molecule has 0 saturated heterocycles. The minimum Gasteiger partial charge on any atom is -0.399 e. The molecule has 0 aromatic heterocycles. The summed E-state index contributed by atoms with van der Waals surface area (Å²) >= 11 is 0. The van der Waals surface area contributed by atoms with E-state index in [2.05, 4.69) is 6.92 Å². The molecule has 3 aliphatic rings. The van der Waals surface area contributed by atoms with Gasteiger partial charge in [0.25, 0.3) is 0 Å². The van der Waals surface area contributed by atoms with Crippen LogP contribution < -0.4 is 0 Å². The zero-order valence-electron chi connectivity index (χ0n) is 10.7. The molecule has 2 saturated carbocycles. The molecule has 2 bridgehead atoms. The molecule has 0 spiro atoms. The van der Waals surface area contributed by atoms with Crippen molar-refractivity contribution in [1.82, 2.24) is 0 Å². The molecule has 3 heteroatoms. The second-order valence-electron chi connectivity index (χ2n) is 5.99. The third-order valence-electron chi connectivity index (χ3n) is 4.96. The van der Waals surface area contributed by atoms with E-state index in [1.807, 2.05) is 0 Å². The molecular weight excluding hydrogens is 214 g/mol. The fourth-order valence-corrected chi connectivity index (χ4v) is 4.14. The maximum atomic E-state index is 11.8. The van der Waals surface area contributed by atoms with E-state index >= 15 is 0 Å². The molecule has 0 unspecified atom stereocenters. The van der Waals surface area contributed by atoms with Crippen molar-refractivity contribution >= 4 is 5.71 Å². The van der Waals surface area contributed by atoms with Crippen LogP contribution in [0.1, 0.15) is 58.3 Å². The highest BCUT2D eigenvalue weighted by Gasteiger charge is 2.55. The first-order chi connectivity index (χ1) is 8.31. The molecule has 3 nitrogen and oxygen atoms in total. The fraction of sp³-hybridized carbons (Fsp3) is 0.929. The Morgan fingerprint density at radius 3 is 2.88 bits per heavy atom. The van der Waals surface area contributed by atoms with Gasteiger partial charge in [-0.25, -0.2) is 0 Å². The van der Waals surface area contributed by atoms with Crippen LogP contribution in [-0.2, 0) is 4.84 Å². The van der Waals surface area contributed by atoms with Crippen molar-refractivity contribution in [2.24, 2.45) is 17.8 Å². The number of fused-ring (bicyclic) bond motifs is 5. The molecule has 0 N–H and O–H groups in total. The first-order valence-corrected chi connectivity index (χ1v) is 7.31. The Labute approximate surface area is 103 Å². The maximum absolute atomic E-state index is 11.8. The summed E-state index contributed by atoms with van der Waals surface area (Å²) in [5.41, 5.74) is 1.07. The van der Waals surface area contributed by atoms with Crippen LogP contribution in [0.4, 0.5) is 0 Å². The second-order valence-corrected chi connectivity index (χ2v) is 5.99. The topological polar surface area (TPSA) is 35.3 Å². The number of unbranched alkanes of at least 4 members (excludes halogenated alkanes) is 3. The smallest absolute Gasteiger partial charge is 0.226 e. The van der Waals surface area contributed by atoms with Gasteiger partial charge in [-0.05, 0) is 37.5 Å². The molecular formula is C14H23NO2. The minimum atomic E-state index is 0.243. The van der Waals surface area contributed by atoms with Crippen molar-refractivity contribution in [3.8, 4) is 0 Å². The molecule has 4 atom stereocenters. The summed E-state index contributed by atoms with van der Waals surface area (Å²) in [7, 11) is 0. The predicted molar refractivity (Wildman–Crippen MR) is 66.6 cm³/mol.